The molecule has 31 heavy (non-hydrogen) atoms. The van der Waals surface area contributed by atoms with Crippen molar-refractivity contribution in [2.75, 3.05) is 31.1 Å². The van der Waals surface area contributed by atoms with Crippen LogP contribution >= 0.6 is 11.3 Å². The molecule has 0 bridgehead atoms. The van der Waals surface area contributed by atoms with E-state index in [-0.39, 0.29) is 24.3 Å². The predicted molar refractivity (Wildman–Crippen MR) is 116 cm³/mol. The van der Waals surface area contributed by atoms with Crippen LogP contribution in [0, 0.1) is 5.92 Å². The summed E-state index contributed by atoms with van der Waals surface area (Å²) in [7, 11) is 0. The van der Waals surface area contributed by atoms with Crippen molar-refractivity contribution in [1.82, 2.24) is 9.88 Å². The summed E-state index contributed by atoms with van der Waals surface area (Å²) < 4.78 is 11.5. The van der Waals surface area contributed by atoms with Crippen LogP contribution in [0.25, 0.3) is 10.2 Å². The van der Waals surface area contributed by atoms with Crippen LogP contribution < -0.4 is 4.90 Å². The zero-order chi connectivity index (χ0) is 21.8. The number of furan rings is 1. The zero-order valence-electron chi connectivity index (χ0n) is 17.2. The zero-order valence-corrected chi connectivity index (χ0v) is 18.0. The summed E-state index contributed by atoms with van der Waals surface area (Å²) in [6.07, 6.45) is 2.45. The van der Waals surface area contributed by atoms with Gasteiger partial charge in [-0.2, -0.15) is 0 Å². The highest BCUT2D eigenvalue weighted by Gasteiger charge is 2.30. The van der Waals surface area contributed by atoms with E-state index in [0.717, 1.165) is 10.2 Å². The van der Waals surface area contributed by atoms with Crippen molar-refractivity contribution in [2.45, 2.75) is 19.8 Å². The molecule has 1 aromatic carbocycles. The average Bonchev–Trinajstić information content (AvgIpc) is 3.47. The number of carbonyl (C=O) groups excluding carboxylic acids is 3. The Kier molecular flexibility index (Phi) is 6.31. The molecule has 0 radical (unpaired) electrons. The fraction of sp³-hybridized carbons (Fsp3) is 0.364. The molecular weight excluding hydrogens is 418 g/mol. The molecule has 162 valence electrons. The number of amides is 2. The lowest BCUT2D eigenvalue weighted by Gasteiger charge is -2.30. The third kappa shape index (κ3) is 4.61. The third-order valence-electron chi connectivity index (χ3n) is 5.32. The second-order valence-corrected chi connectivity index (χ2v) is 8.26. The molecular formula is C22H23N3O5S. The molecule has 8 nitrogen and oxygen atoms in total. The van der Waals surface area contributed by atoms with E-state index >= 15 is 0 Å². The van der Waals surface area contributed by atoms with Crippen molar-refractivity contribution in [2.24, 2.45) is 5.92 Å². The van der Waals surface area contributed by atoms with Gasteiger partial charge in [0.2, 0.25) is 0 Å². The van der Waals surface area contributed by atoms with E-state index < -0.39 is 5.97 Å². The fourth-order valence-corrected chi connectivity index (χ4v) is 4.64. The Hall–Kier alpha value is -3.20. The Balaban J connectivity index is 1.29. The summed E-state index contributed by atoms with van der Waals surface area (Å²) in [5.41, 5.74) is 0.835. The van der Waals surface area contributed by atoms with Crippen molar-refractivity contribution < 1.29 is 23.5 Å². The number of rotatable bonds is 6. The molecule has 2 amide bonds. The molecule has 1 aliphatic rings. The van der Waals surface area contributed by atoms with Crippen molar-refractivity contribution >= 4 is 44.5 Å². The standard InChI is InChI=1S/C22H23N3O5S/c1-2-25(22-23-16-6-3-4-8-18(16)31-22)19(26)14-30-21(28)15-9-11-24(12-10-15)20(27)17-7-5-13-29-17/h3-8,13,15H,2,9-12,14H2,1H3. The van der Waals surface area contributed by atoms with E-state index in [1.807, 2.05) is 31.2 Å². The first-order valence-corrected chi connectivity index (χ1v) is 11.0. The van der Waals surface area contributed by atoms with Crippen molar-refractivity contribution in [1.29, 1.82) is 0 Å². The summed E-state index contributed by atoms with van der Waals surface area (Å²) in [6.45, 7) is 2.86. The molecule has 0 atom stereocenters. The number of hydrogen-bond donors (Lipinski definition) is 0. The highest BCUT2D eigenvalue weighted by Crippen LogP contribution is 2.28. The Morgan fingerprint density at radius 2 is 1.97 bits per heavy atom. The molecule has 4 rings (SSSR count). The first kappa shape index (κ1) is 21.0. The maximum atomic E-state index is 12.7. The number of nitrogens with zero attached hydrogens (tertiary/aromatic N) is 3. The van der Waals surface area contributed by atoms with Gasteiger partial charge < -0.3 is 14.1 Å². The molecule has 0 unspecified atom stereocenters. The molecule has 3 heterocycles. The summed E-state index contributed by atoms with van der Waals surface area (Å²) in [5, 5.41) is 0.592. The first-order valence-electron chi connectivity index (χ1n) is 10.2. The maximum Gasteiger partial charge on any atom is 0.309 e. The minimum Gasteiger partial charge on any atom is -0.459 e. The number of benzene rings is 1. The minimum absolute atomic E-state index is 0.179. The van der Waals surface area contributed by atoms with Gasteiger partial charge in [-0.25, -0.2) is 4.98 Å². The number of aromatic nitrogens is 1. The van der Waals surface area contributed by atoms with Crippen LogP contribution in [0.3, 0.4) is 0 Å². The number of ether oxygens (including phenoxy) is 1. The normalized spacial score (nSPS) is 14.5. The Morgan fingerprint density at radius 1 is 1.19 bits per heavy atom. The molecule has 3 aromatic rings. The predicted octanol–water partition coefficient (Wildman–Crippen LogP) is 3.34. The molecule has 1 aliphatic heterocycles. The van der Waals surface area contributed by atoms with Gasteiger partial charge in [-0.15, -0.1) is 0 Å². The lowest BCUT2D eigenvalue weighted by atomic mass is 9.97. The highest BCUT2D eigenvalue weighted by molar-refractivity contribution is 7.22. The van der Waals surface area contributed by atoms with Gasteiger partial charge in [0.1, 0.15) is 0 Å². The smallest absolute Gasteiger partial charge is 0.309 e. The van der Waals surface area contributed by atoms with Crippen molar-refractivity contribution in [3.63, 3.8) is 0 Å². The Bertz CT molecular complexity index is 1040. The van der Waals surface area contributed by atoms with Gasteiger partial charge in [0.15, 0.2) is 17.5 Å². The summed E-state index contributed by atoms with van der Waals surface area (Å²) >= 11 is 1.43. The molecule has 0 aliphatic carbocycles. The summed E-state index contributed by atoms with van der Waals surface area (Å²) in [6, 6.07) is 11.0. The number of likely N-dealkylation sites (N-methyl/N-ethyl adjacent to an activating group) is 1. The van der Waals surface area contributed by atoms with E-state index in [1.54, 1.807) is 17.0 Å². The van der Waals surface area contributed by atoms with Crippen LogP contribution in [0.2, 0.25) is 0 Å². The number of thiazole rings is 1. The first-order chi connectivity index (χ1) is 15.1. The lowest BCUT2D eigenvalue weighted by Crippen LogP contribution is -2.41. The van der Waals surface area contributed by atoms with E-state index in [1.165, 1.54) is 22.5 Å². The van der Waals surface area contributed by atoms with Gasteiger partial charge in [0, 0.05) is 19.6 Å². The van der Waals surface area contributed by atoms with Crippen LogP contribution in [-0.2, 0) is 14.3 Å². The van der Waals surface area contributed by atoms with Gasteiger partial charge >= 0.3 is 5.97 Å². The molecule has 9 heteroatoms. The minimum atomic E-state index is -0.404. The highest BCUT2D eigenvalue weighted by atomic mass is 32.1. The second kappa shape index (κ2) is 9.30. The number of para-hydroxylation sites is 1. The average molecular weight is 442 g/mol. The van der Waals surface area contributed by atoms with Gasteiger partial charge in [-0.1, -0.05) is 23.5 Å². The second-order valence-electron chi connectivity index (χ2n) is 7.25. The van der Waals surface area contributed by atoms with Gasteiger partial charge in [0.25, 0.3) is 11.8 Å². The van der Waals surface area contributed by atoms with Crippen molar-refractivity contribution in [3.8, 4) is 0 Å². The topological polar surface area (TPSA) is 93.0 Å². The number of hydrogen-bond acceptors (Lipinski definition) is 7. The number of likely N-dealkylation sites (tertiary alicyclic amines) is 1. The van der Waals surface area contributed by atoms with Gasteiger partial charge in [-0.05, 0) is 44.0 Å². The van der Waals surface area contributed by atoms with E-state index in [2.05, 4.69) is 4.98 Å². The van der Waals surface area contributed by atoms with Crippen LogP contribution in [-0.4, -0.2) is 53.9 Å². The van der Waals surface area contributed by atoms with E-state index in [9.17, 15) is 14.4 Å². The lowest BCUT2D eigenvalue weighted by molar-refractivity contribution is -0.153. The number of fused-ring (bicyclic) bond motifs is 1. The number of piperidine rings is 1. The Morgan fingerprint density at radius 3 is 2.65 bits per heavy atom. The summed E-state index contributed by atoms with van der Waals surface area (Å²) in [5.74, 6) is -0.923. The molecule has 0 spiro atoms. The molecule has 0 N–H and O–H groups in total. The van der Waals surface area contributed by atoms with Crippen molar-refractivity contribution in [3.05, 3.63) is 48.4 Å². The van der Waals surface area contributed by atoms with Crippen LogP contribution in [0.4, 0.5) is 5.13 Å². The van der Waals surface area contributed by atoms with E-state index in [0.29, 0.717) is 43.4 Å². The van der Waals surface area contributed by atoms with Crippen LogP contribution in [0.15, 0.2) is 47.1 Å². The molecule has 2 aromatic heterocycles. The summed E-state index contributed by atoms with van der Waals surface area (Å²) in [4.78, 5) is 45.2. The largest absolute Gasteiger partial charge is 0.459 e. The van der Waals surface area contributed by atoms with E-state index in [4.69, 9.17) is 9.15 Å². The number of esters is 1. The maximum absolute atomic E-state index is 12.7. The van der Waals surface area contributed by atoms with Crippen LogP contribution in [0.1, 0.15) is 30.3 Å². The van der Waals surface area contributed by atoms with Gasteiger partial charge in [-0.3, -0.25) is 19.3 Å². The Labute approximate surface area is 183 Å². The molecule has 1 fully saturated rings. The third-order valence-corrected chi connectivity index (χ3v) is 6.38. The number of anilines is 1. The fourth-order valence-electron chi connectivity index (χ4n) is 3.60. The molecule has 1 saturated heterocycles. The van der Waals surface area contributed by atoms with Gasteiger partial charge in [0.05, 0.1) is 22.4 Å². The number of carbonyl (C=O) groups is 3. The van der Waals surface area contributed by atoms with Crippen LogP contribution in [0.5, 0.6) is 0 Å². The monoisotopic (exact) mass is 441 g/mol. The quantitative estimate of drug-likeness (QED) is 0.545. The molecule has 0 saturated carbocycles. The SMILES string of the molecule is CCN(C(=O)COC(=O)C1CCN(C(=O)c2ccco2)CC1)c1nc2ccccc2s1.